The minimum atomic E-state index is -0.813. The Morgan fingerprint density at radius 1 is 1.29 bits per heavy atom. The maximum absolute atomic E-state index is 12.6. The van der Waals surface area contributed by atoms with Crippen molar-refractivity contribution in [3.63, 3.8) is 0 Å². The Morgan fingerprint density at radius 2 is 2.10 bits per heavy atom. The Balaban J connectivity index is 1.78. The van der Waals surface area contributed by atoms with Gasteiger partial charge in [0.15, 0.2) is 0 Å². The van der Waals surface area contributed by atoms with E-state index in [4.69, 9.17) is 5.11 Å². The molecule has 3 rings (SSSR count). The standard InChI is InChI=1S/C16H20N2O3/c1-10-8-18(9-14(10)16(20)21)15(19)12-3-2-11-4-5-17-7-13(11)6-12/h2-3,6,10,14,17H,4-5,7-9H2,1H3,(H,20,21)/t10-,14-/m1/s1. The molecule has 0 bridgehead atoms. The van der Waals surface area contributed by atoms with E-state index in [1.807, 2.05) is 25.1 Å². The normalized spacial score (nSPS) is 24.7. The van der Waals surface area contributed by atoms with Crippen LogP contribution in [0.1, 0.15) is 28.4 Å². The molecule has 2 N–H and O–H groups in total. The molecule has 0 unspecified atom stereocenters. The Kier molecular flexibility index (Phi) is 3.68. The fourth-order valence-electron chi connectivity index (χ4n) is 3.25. The summed E-state index contributed by atoms with van der Waals surface area (Å²) in [6, 6.07) is 5.84. The molecule has 2 aliphatic heterocycles. The number of likely N-dealkylation sites (tertiary alicyclic amines) is 1. The van der Waals surface area contributed by atoms with Gasteiger partial charge in [-0.25, -0.2) is 0 Å². The van der Waals surface area contributed by atoms with Crippen molar-refractivity contribution in [3.8, 4) is 0 Å². The van der Waals surface area contributed by atoms with Crippen LogP contribution in [0.3, 0.4) is 0 Å². The van der Waals surface area contributed by atoms with Crippen LogP contribution >= 0.6 is 0 Å². The highest BCUT2D eigenvalue weighted by molar-refractivity contribution is 5.95. The third-order valence-corrected chi connectivity index (χ3v) is 4.56. The lowest BCUT2D eigenvalue weighted by molar-refractivity contribution is -0.142. The van der Waals surface area contributed by atoms with E-state index in [1.165, 1.54) is 11.1 Å². The first-order valence-corrected chi connectivity index (χ1v) is 7.41. The number of amides is 1. The van der Waals surface area contributed by atoms with Crippen molar-refractivity contribution in [1.29, 1.82) is 0 Å². The summed E-state index contributed by atoms with van der Waals surface area (Å²) in [5, 5.41) is 12.5. The fourth-order valence-corrected chi connectivity index (χ4v) is 3.25. The van der Waals surface area contributed by atoms with Crippen LogP contribution in [-0.2, 0) is 17.8 Å². The van der Waals surface area contributed by atoms with Gasteiger partial charge in [0.1, 0.15) is 0 Å². The Bertz CT molecular complexity index is 585. The number of benzene rings is 1. The van der Waals surface area contributed by atoms with Gasteiger partial charge in [-0.2, -0.15) is 0 Å². The minimum absolute atomic E-state index is 0.00532. The van der Waals surface area contributed by atoms with Crippen molar-refractivity contribution in [2.24, 2.45) is 11.8 Å². The second-order valence-electron chi connectivity index (χ2n) is 6.04. The number of carboxylic acid groups (broad SMARTS) is 1. The van der Waals surface area contributed by atoms with Gasteiger partial charge in [0, 0.05) is 25.2 Å². The number of nitrogens with one attached hydrogen (secondary N) is 1. The van der Waals surface area contributed by atoms with Crippen molar-refractivity contribution in [2.75, 3.05) is 19.6 Å². The molecule has 1 aromatic carbocycles. The summed E-state index contributed by atoms with van der Waals surface area (Å²) in [6.45, 7) is 4.49. The van der Waals surface area contributed by atoms with Crippen LogP contribution in [0.15, 0.2) is 18.2 Å². The monoisotopic (exact) mass is 288 g/mol. The molecule has 2 atom stereocenters. The molecule has 0 radical (unpaired) electrons. The number of aliphatic carboxylic acids is 1. The second kappa shape index (κ2) is 5.48. The molecule has 112 valence electrons. The van der Waals surface area contributed by atoms with Crippen LogP contribution in [0.4, 0.5) is 0 Å². The molecule has 5 nitrogen and oxygen atoms in total. The zero-order valence-electron chi connectivity index (χ0n) is 12.1. The van der Waals surface area contributed by atoms with Gasteiger partial charge >= 0.3 is 5.97 Å². The van der Waals surface area contributed by atoms with E-state index in [2.05, 4.69) is 5.32 Å². The maximum Gasteiger partial charge on any atom is 0.308 e. The Hall–Kier alpha value is -1.88. The van der Waals surface area contributed by atoms with E-state index < -0.39 is 11.9 Å². The van der Waals surface area contributed by atoms with Crippen LogP contribution in [0.25, 0.3) is 0 Å². The number of rotatable bonds is 2. The topological polar surface area (TPSA) is 69.6 Å². The summed E-state index contributed by atoms with van der Waals surface area (Å²) < 4.78 is 0. The lowest BCUT2D eigenvalue weighted by Gasteiger charge is -2.20. The number of fused-ring (bicyclic) bond motifs is 1. The van der Waals surface area contributed by atoms with Crippen molar-refractivity contribution >= 4 is 11.9 Å². The summed E-state index contributed by atoms with van der Waals surface area (Å²) in [4.78, 5) is 25.4. The van der Waals surface area contributed by atoms with E-state index >= 15 is 0 Å². The smallest absolute Gasteiger partial charge is 0.308 e. The first kappa shape index (κ1) is 14.1. The van der Waals surface area contributed by atoms with E-state index in [0.717, 1.165) is 19.5 Å². The molecule has 0 spiro atoms. The van der Waals surface area contributed by atoms with Gasteiger partial charge in [-0.05, 0) is 42.1 Å². The fraction of sp³-hybridized carbons (Fsp3) is 0.500. The molecule has 1 fully saturated rings. The minimum Gasteiger partial charge on any atom is -0.481 e. The molecule has 0 aromatic heterocycles. The molecule has 2 heterocycles. The molecule has 2 aliphatic rings. The third-order valence-electron chi connectivity index (χ3n) is 4.56. The van der Waals surface area contributed by atoms with Crippen LogP contribution in [0.2, 0.25) is 0 Å². The number of nitrogens with zero attached hydrogens (tertiary/aromatic N) is 1. The molecule has 5 heteroatoms. The summed E-state index contributed by atoms with van der Waals surface area (Å²) in [5.41, 5.74) is 3.13. The highest BCUT2D eigenvalue weighted by atomic mass is 16.4. The second-order valence-corrected chi connectivity index (χ2v) is 6.04. The predicted octanol–water partition coefficient (Wildman–Crippen LogP) is 1.12. The number of carboxylic acids is 1. The summed E-state index contributed by atoms with van der Waals surface area (Å²) in [6.07, 6.45) is 0.992. The third kappa shape index (κ3) is 2.65. The van der Waals surface area contributed by atoms with Crippen LogP contribution < -0.4 is 5.32 Å². The Labute approximate surface area is 123 Å². The molecule has 1 amide bonds. The van der Waals surface area contributed by atoms with Crippen LogP contribution in [-0.4, -0.2) is 41.5 Å². The number of carbonyl (C=O) groups excluding carboxylic acids is 1. The first-order valence-electron chi connectivity index (χ1n) is 7.41. The van der Waals surface area contributed by atoms with Gasteiger partial charge in [0.25, 0.3) is 5.91 Å². The van der Waals surface area contributed by atoms with Gasteiger partial charge in [0.05, 0.1) is 5.92 Å². The van der Waals surface area contributed by atoms with E-state index in [1.54, 1.807) is 4.90 Å². The van der Waals surface area contributed by atoms with E-state index in [0.29, 0.717) is 18.7 Å². The number of hydrogen-bond donors (Lipinski definition) is 2. The molecular weight excluding hydrogens is 268 g/mol. The lowest BCUT2D eigenvalue weighted by atomic mass is 9.98. The summed E-state index contributed by atoms with van der Waals surface area (Å²) >= 11 is 0. The molecule has 1 saturated heterocycles. The summed E-state index contributed by atoms with van der Waals surface area (Å²) in [5.74, 6) is -1.31. The number of carbonyl (C=O) groups is 2. The van der Waals surface area contributed by atoms with Gasteiger partial charge < -0.3 is 15.3 Å². The molecule has 21 heavy (non-hydrogen) atoms. The molecule has 0 aliphatic carbocycles. The molecule has 0 saturated carbocycles. The van der Waals surface area contributed by atoms with Crippen LogP contribution in [0.5, 0.6) is 0 Å². The van der Waals surface area contributed by atoms with Gasteiger partial charge in [0.2, 0.25) is 0 Å². The highest BCUT2D eigenvalue weighted by Gasteiger charge is 2.37. The van der Waals surface area contributed by atoms with Gasteiger partial charge in [-0.3, -0.25) is 9.59 Å². The predicted molar refractivity (Wildman–Crippen MR) is 78.0 cm³/mol. The highest BCUT2D eigenvalue weighted by Crippen LogP contribution is 2.25. The van der Waals surface area contributed by atoms with Gasteiger partial charge in [-0.15, -0.1) is 0 Å². The first-order chi connectivity index (χ1) is 10.1. The average molecular weight is 288 g/mol. The van der Waals surface area contributed by atoms with Gasteiger partial charge in [-0.1, -0.05) is 13.0 Å². The van der Waals surface area contributed by atoms with Crippen molar-refractivity contribution in [1.82, 2.24) is 10.2 Å². The SMILES string of the molecule is C[C@@H]1CN(C(=O)c2ccc3c(c2)CNCC3)C[C@H]1C(=O)O. The summed E-state index contributed by atoms with van der Waals surface area (Å²) in [7, 11) is 0. The lowest BCUT2D eigenvalue weighted by Crippen LogP contribution is -2.30. The quantitative estimate of drug-likeness (QED) is 0.856. The zero-order chi connectivity index (χ0) is 15.0. The van der Waals surface area contributed by atoms with Crippen molar-refractivity contribution in [3.05, 3.63) is 34.9 Å². The van der Waals surface area contributed by atoms with E-state index in [9.17, 15) is 9.59 Å². The van der Waals surface area contributed by atoms with Crippen molar-refractivity contribution < 1.29 is 14.7 Å². The zero-order valence-corrected chi connectivity index (χ0v) is 12.1. The average Bonchev–Trinajstić information content (AvgIpc) is 2.88. The molecular formula is C16H20N2O3. The largest absolute Gasteiger partial charge is 0.481 e. The van der Waals surface area contributed by atoms with Crippen LogP contribution in [0, 0.1) is 11.8 Å². The maximum atomic E-state index is 12.6. The number of hydrogen-bond acceptors (Lipinski definition) is 3. The Morgan fingerprint density at radius 3 is 2.81 bits per heavy atom. The van der Waals surface area contributed by atoms with Crippen molar-refractivity contribution in [2.45, 2.75) is 19.9 Å². The molecule has 1 aromatic rings. The van der Waals surface area contributed by atoms with E-state index in [-0.39, 0.29) is 11.8 Å².